The predicted octanol–water partition coefficient (Wildman–Crippen LogP) is 2.18. The minimum atomic E-state index is -0.309. The fourth-order valence-corrected chi connectivity index (χ4v) is 2.53. The second-order valence-electron chi connectivity index (χ2n) is 5.35. The molecule has 0 aliphatic carbocycles. The van der Waals surface area contributed by atoms with E-state index in [1.807, 2.05) is 12.1 Å². The van der Waals surface area contributed by atoms with Crippen molar-refractivity contribution < 1.29 is 9.59 Å². The molecule has 108 valence electrons. The summed E-state index contributed by atoms with van der Waals surface area (Å²) in [5.74, 6) is -0.196. The van der Waals surface area contributed by atoms with Gasteiger partial charge in [-0.05, 0) is 24.0 Å². The topological polar surface area (TPSA) is 63.4 Å². The molecule has 1 aromatic carbocycles. The number of aryl methyl sites for hydroxylation is 1. The SMILES string of the molecule is CCCc1ccc(C(N)CN2C(=O)CCCC2=O)cc1. The number of amides is 2. The molecule has 2 rings (SSSR count). The van der Waals surface area contributed by atoms with Gasteiger partial charge in [-0.25, -0.2) is 0 Å². The van der Waals surface area contributed by atoms with Crippen LogP contribution in [-0.2, 0) is 16.0 Å². The van der Waals surface area contributed by atoms with Crippen molar-refractivity contribution in [2.75, 3.05) is 6.54 Å². The molecule has 0 spiro atoms. The van der Waals surface area contributed by atoms with E-state index in [0.29, 0.717) is 19.3 Å². The zero-order valence-electron chi connectivity index (χ0n) is 12.0. The van der Waals surface area contributed by atoms with Crippen LogP contribution < -0.4 is 5.73 Å². The summed E-state index contributed by atoms with van der Waals surface area (Å²) in [6.45, 7) is 2.43. The van der Waals surface area contributed by atoms with E-state index < -0.39 is 0 Å². The molecule has 2 amide bonds. The smallest absolute Gasteiger partial charge is 0.229 e. The third-order valence-electron chi connectivity index (χ3n) is 3.71. The number of likely N-dealkylation sites (tertiary alicyclic amines) is 1. The number of nitrogens with zero attached hydrogens (tertiary/aromatic N) is 1. The van der Waals surface area contributed by atoms with Gasteiger partial charge in [0.2, 0.25) is 11.8 Å². The summed E-state index contributed by atoms with van der Waals surface area (Å²) in [4.78, 5) is 24.8. The van der Waals surface area contributed by atoms with Crippen LogP contribution in [0.25, 0.3) is 0 Å². The van der Waals surface area contributed by atoms with Crippen LogP contribution in [0.5, 0.6) is 0 Å². The highest BCUT2D eigenvalue weighted by Gasteiger charge is 2.27. The number of carbonyl (C=O) groups is 2. The number of nitrogens with two attached hydrogens (primary N) is 1. The number of carbonyl (C=O) groups excluding carboxylic acids is 2. The summed E-state index contributed by atoms with van der Waals surface area (Å²) in [6, 6.07) is 7.82. The Morgan fingerprint density at radius 3 is 2.30 bits per heavy atom. The lowest BCUT2D eigenvalue weighted by atomic mass is 10.0. The standard InChI is InChI=1S/C16H22N2O2/c1-2-4-12-7-9-13(10-8-12)14(17)11-18-15(19)5-3-6-16(18)20/h7-10,14H,2-6,11,17H2,1H3. The second-order valence-corrected chi connectivity index (χ2v) is 5.35. The minimum absolute atomic E-state index is 0.0979. The lowest BCUT2D eigenvalue weighted by Crippen LogP contribution is -2.43. The summed E-state index contributed by atoms with van der Waals surface area (Å²) >= 11 is 0. The summed E-state index contributed by atoms with van der Waals surface area (Å²) in [7, 11) is 0. The molecular weight excluding hydrogens is 252 g/mol. The van der Waals surface area contributed by atoms with Crippen molar-refractivity contribution in [1.29, 1.82) is 0 Å². The first kappa shape index (κ1) is 14.7. The van der Waals surface area contributed by atoms with E-state index >= 15 is 0 Å². The van der Waals surface area contributed by atoms with Crippen molar-refractivity contribution in [1.82, 2.24) is 4.90 Å². The van der Waals surface area contributed by atoms with Crippen molar-refractivity contribution in [3.05, 3.63) is 35.4 Å². The maximum atomic E-state index is 11.8. The van der Waals surface area contributed by atoms with E-state index in [1.165, 1.54) is 10.5 Å². The van der Waals surface area contributed by atoms with Gasteiger partial charge in [-0.2, -0.15) is 0 Å². The first-order chi connectivity index (χ1) is 9.61. The Morgan fingerprint density at radius 2 is 1.75 bits per heavy atom. The summed E-state index contributed by atoms with van der Waals surface area (Å²) in [6.07, 6.45) is 3.73. The highest BCUT2D eigenvalue weighted by molar-refractivity contribution is 5.97. The van der Waals surface area contributed by atoms with Crippen LogP contribution in [0.2, 0.25) is 0 Å². The van der Waals surface area contributed by atoms with Crippen LogP contribution in [0.1, 0.15) is 49.8 Å². The van der Waals surface area contributed by atoms with Gasteiger partial charge in [-0.1, -0.05) is 37.6 Å². The van der Waals surface area contributed by atoms with Gasteiger partial charge in [0.05, 0.1) is 0 Å². The number of piperidine rings is 1. The Bertz CT molecular complexity index is 466. The fraction of sp³-hybridized carbons (Fsp3) is 0.500. The van der Waals surface area contributed by atoms with E-state index in [0.717, 1.165) is 18.4 Å². The maximum Gasteiger partial charge on any atom is 0.229 e. The van der Waals surface area contributed by atoms with Gasteiger partial charge in [0.1, 0.15) is 0 Å². The highest BCUT2D eigenvalue weighted by atomic mass is 16.2. The van der Waals surface area contributed by atoms with E-state index in [4.69, 9.17) is 5.73 Å². The first-order valence-corrected chi connectivity index (χ1v) is 7.29. The Labute approximate surface area is 119 Å². The highest BCUT2D eigenvalue weighted by Crippen LogP contribution is 2.18. The third-order valence-corrected chi connectivity index (χ3v) is 3.71. The van der Waals surface area contributed by atoms with E-state index in [1.54, 1.807) is 0 Å². The summed E-state index contributed by atoms with van der Waals surface area (Å²) < 4.78 is 0. The number of hydrogen-bond acceptors (Lipinski definition) is 3. The van der Waals surface area contributed by atoms with E-state index in [9.17, 15) is 9.59 Å². The predicted molar refractivity (Wildman–Crippen MR) is 77.9 cm³/mol. The molecule has 0 bridgehead atoms. The number of benzene rings is 1. The largest absolute Gasteiger partial charge is 0.322 e. The van der Waals surface area contributed by atoms with Crippen LogP contribution in [0.3, 0.4) is 0 Å². The van der Waals surface area contributed by atoms with Crippen LogP contribution >= 0.6 is 0 Å². The third kappa shape index (κ3) is 3.45. The molecule has 1 fully saturated rings. The average Bonchev–Trinajstić information content (AvgIpc) is 2.44. The average molecular weight is 274 g/mol. The monoisotopic (exact) mass is 274 g/mol. The molecule has 1 aromatic rings. The molecule has 0 radical (unpaired) electrons. The minimum Gasteiger partial charge on any atom is -0.322 e. The van der Waals surface area contributed by atoms with Crippen molar-refractivity contribution in [3.63, 3.8) is 0 Å². The fourth-order valence-electron chi connectivity index (χ4n) is 2.53. The van der Waals surface area contributed by atoms with Crippen molar-refractivity contribution in [3.8, 4) is 0 Å². The molecule has 4 heteroatoms. The van der Waals surface area contributed by atoms with Gasteiger partial charge in [0.25, 0.3) is 0 Å². The van der Waals surface area contributed by atoms with Crippen LogP contribution in [0.4, 0.5) is 0 Å². The van der Waals surface area contributed by atoms with Gasteiger partial charge in [0, 0.05) is 25.4 Å². The number of rotatable bonds is 5. The molecule has 1 atom stereocenters. The first-order valence-electron chi connectivity index (χ1n) is 7.29. The Morgan fingerprint density at radius 1 is 1.15 bits per heavy atom. The van der Waals surface area contributed by atoms with E-state index in [-0.39, 0.29) is 24.4 Å². The normalized spacial score (nSPS) is 17.4. The van der Waals surface area contributed by atoms with Gasteiger partial charge in [0.15, 0.2) is 0 Å². The quantitative estimate of drug-likeness (QED) is 0.837. The lowest BCUT2D eigenvalue weighted by Gasteiger charge is -2.27. The maximum absolute atomic E-state index is 11.8. The van der Waals surface area contributed by atoms with Crippen molar-refractivity contribution in [2.24, 2.45) is 5.73 Å². The van der Waals surface area contributed by atoms with Crippen LogP contribution in [0.15, 0.2) is 24.3 Å². The molecule has 1 heterocycles. The molecule has 0 aromatic heterocycles. The lowest BCUT2D eigenvalue weighted by molar-refractivity contribution is -0.148. The molecule has 4 nitrogen and oxygen atoms in total. The molecule has 1 saturated heterocycles. The zero-order valence-corrected chi connectivity index (χ0v) is 12.0. The van der Waals surface area contributed by atoms with Gasteiger partial charge < -0.3 is 5.73 Å². The molecular formula is C16H22N2O2. The molecule has 2 N–H and O–H groups in total. The second kappa shape index (κ2) is 6.66. The summed E-state index contributed by atoms with van der Waals surface area (Å²) in [5, 5.41) is 0. The van der Waals surface area contributed by atoms with Crippen LogP contribution in [-0.4, -0.2) is 23.3 Å². The van der Waals surface area contributed by atoms with Gasteiger partial charge >= 0.3 is 0 Å². The van der Waals surface area contributed by atoms with E-state index in [2.05, 4.69) is 19.1 Å². The molecule has 0 saturated carbocycles. The molecule has 1 unspecified atom stereocenters. The van der Waals surface area contributed by atoms with Crippen molar-refractivity contribution in [2.45, 2.75) is 45.1 Å². The number of imide groups is 1. The molecule has 1 aliphatic heterocycles. The van der Waals surface area contributed by atoms with Gasteiger partial charge in [-0.3, -0.25) is 14.5 Å². The zero-order chi connectivity index (χ0) is 14.5. The Hall–Kier alpha value is -1.68. The molecule has 1 aliphatic rings. The Kier molecular flexibility index (Phi) is 4.90. The summed E-state index contributed by atoms with van der Waals surface area (Å²) in [5.41, 5.74) is 8.38. The van der Waals surface area contributed by atoms with Gasteiger partial charge in [-0.15, -0.1) is 0 Å². The van der Waals surface area contributed by atoms with Crippen molar-refractivity contribution >= 4 is 11.8 Å². The Balaban J connectivity index is 2.01. The van der Waals surface area contributed by atoms with Crippen LogP contribution in [0, 0.1) is 0 Å². The number of hydrogen-bond donors (Lipinski definition) is 1. The molecule has 20 heavy (non-hydrogen) atoms.